The van der Waals surface area contributed by atoms with E-state index in [0.29, 0.717) is 25.8 Å². The van der Waals surface area contributed by atoms with Crippen molar-refractivity contribution in [2.75, 3.05) is 19.7 Å². The van der Waals surface area contributed by atoms with Gasteiger partial charge in [-0.15, -0.1) is 0 Å². The van der Waals surface area contributed by atoms with Gasteiger partial charge >= 0.3 is 12.1 Å². The molecule has 178 valence electrons. The number of rotatable bonds is 6. The van der Waals surface area contributed by atoms with Gasteiger partial charge < -0.3 is 20.1 Å². The molecule has 1 saturated heterocycles. The monoisotopic (exact) mass is 462 g/mol. The minimum Gasteiger partial charge on any atom is -0.480 e. The van der Waals surface area contributed by atoms with Crippen molar-refractivity contribution in [3.05, 3.63) is 59.7 Å². The summed E-state index contributed by atoms with van der Waals surface area (Å²) in [6.45, 7) is 2.44. The van der Waals surface area contributed by atoms with Gasteiger partial charge in [0.25, 0.3) is 0 Å². The fourth-order valence-corrected chi connectivity index (χ4v) is 5.46. The minimum atomic E-state index is -1.19. The van der Waals surface area contributed by atoms with Crippen LogP contribution in [0.4, 0.5) is 4.79 Å². The zero-order valence-corrected chi connectivity index (χ0v) is 19.4. The maximum Gasteiger partial charge on any atom is 0.407 e. The number of alkyl carbamates (subject to hydrolysis) is 1. The molecule has 2 N–H and O–H groups in total. The maximum atomic E-state index is 13.3. The molecule has 7 heteroatoms. The summed E-state index contributed by atoms with van der Waals surface area (Å²) in [5.74, 6) is -1.17. The summed E-state index contributed by atoms with van der Waals surface area (Å²) in [7, 11) is 0. The number of benzene rings is 2. The van der Waals surface area contributed by atoms with Crippen LogP contribution in [0.25, 0.3) is 11.1 Å². The summed E-state index contributed by atoms with van der Waals surface area (Å²) in [4.78, 5) is 39.3. The molecular weight excluding hydrogens is 432 g/mol. The van der Waals surface area contributed by atoms with E-state index in [2.05, 4.69) is 29.6 Å². The van der Waals surface area contributed by atoms with Crippen molar-refractivity contribution in [1.82, 2.24) is 10.2 Å². The quantitative estimate of drug-likeness (QED) is 0.672. The lowest BCUT2D eigenvalue weighted by molar-refractivity contribution is -0.163. The summed E-state index contributed by atoms with van der Waals surface area (Å²) in [6, 6.07) is 16.3. The molecule has 1 unspecified atom stereocenters. The number of fused-ring (bicyclic) bond motifs is 3. The molecule has 7 nitrogen and oxygen atoms in total. The van der Waals surface area contributed by atoms with Gasteiger partial charge in [-0.05, 0) is 61.3 Å². The Kier molecular flexibility index (Phi) is 5.58. The second-order valence-electron chi connectivity index (χ2n) is 9.95. The lowest BCUT2D eigenvalue weighted by atomic mass is 9.86. The number of nitrogens with one attached hydrogen (secondary N) is 1. The van der Waals surface area contributed by atoms with Crippen molar-refractivity contribution in [3.63, 3.8) is 0 Å². The van der Waals surface area contributed by atoms with E-state index in [-0.39, 0.29) is 25.0 Å². The molecule has 0 bridgehead atoms. The van der Waals surface area contributed by atoms with Crippen LogP contribution in [-0.2, 0) is 14.3 Å². The molecule has 2 aliphatic carbocycles. The Hall–Kier alpha value is -3.35. The number of hydrogen-bond acceptors (Lipinski definition) is 4. The van der Waals surface area contributed by atoms with Crippen LogP contribution in [0.2, 0.25) is 0 Å². The Morgan fingerprint density at radius 1 is 1.00 bits per heavy atom. The molecule has 2 amide bonds. The van der Waals surface area contributed by atoms with E-state index < -0.39 is 23.0 Å². The molecule has 3 aliphatic rings. The Labute approximate surface area is 199 Å². The highest BCUT2D eigenvalue weighted by Crippen LogP contribution is 2.49. The predicted molar refractivity (Wildman–Crippen MR) is 126 cm³/mol. The number of carbonyl (C=O) groups is 3. The molecule has 0 spiro atoms. The molecule has 0 radical (unpaired) electrons. The molecule has 2 aromatic carbocycles. The Morgan fingerprint density at radius 2 is 1.62 bits per heavy atom. The number of likely N-dealkylation sites (tertiary alicyclic amines) is 1. The fraction of sp³-hybridized carbons (Fsp3) is 0.444. The van der Waals surface area contributed by atoms with Crippen molar-refractivity contribution in [3.8, 4) is 11.1 Å². The number of aliphatic carboxylic acids is 1. The van der Waals surface area contributed by atoms with E-state index >= 15 is 0 Å². The molecule has 5 rings (SSSR count). The third-order valence-corrected chi connectivity index (χ3v) is 7.82. The summed E-state index contributed by atoms with van der Waals surface area (Å²) >= 11 is 0. The van der Waals surface area contributed by atoms with Gasteiger partial charge in [0.05, 0.1) is 5.41 Å². The summed E-state index contributed by atoms with van der Waals surface area (Å²) in [5.41, 5.74) is 2.70. The normalized spacial score (nSPS) is 22.4. The van der Waals surface area contributed by atoms with Gasteiger partial charge in [0, 0.05) is 19.0 Å². The lowest BCUT2D eigenvalue weighted by Gasteiger charge is -2.43. The molecule has 2 aromatic rings. The van der Waals surface area contributed by atoms with Crippen LogP contribution in [0, 0.1) is 5.41 Å². The second kappa shape index (κ2) is 8.46. The van der Waals surface area contributed by atoms with Gasteiger partial charge in [0.1, 0.15) is 12.1 Å². The number of hydrogen-bond donors (Lipinski definition) is 2. The smallest absolute Gasteiger partial charge is 0.407 e. The highest BCUT2D eigenvalue weighted by atomic mass is 16.5. The average Bonchev–Trinajstić information content (AvgIpc) is 3.58. The first kappa shape index (κ1) is 22.4. The number of nitrogens with zero attached hydrogens (tertiary/aromatic N) is 1. The largest absolute Gasteiger partial charge is 0.480 e. The lowest BCUT2D eigenvalue weighted by Crippen LogP contribution is -2.60. The Balaban J connectivity index is 1.21. The summed E-state index contributed by atoms with van der Waals surface area (Å²) in [6.07, 6.45) is 2.76. The van der Waals surface area contributed by atoms with Crippen molar-refractivity contribution in [1.29, 1.82) is 0 Å². The van der Waals surface area contributed by atoms with Gasteiger partial charge in [-0.25, -0.2) is 9.59 Å². The molecule has 1 atom stereocenters. The van der Waals surface area contributed by atoms with Crippen LogP contribution in [0.15, 0.2) is 48.5 Å². The first-order chi connectivity index (χ1) is 16.4. The number of carboxylic acids is 1. The van der Waals surface area contributed by atoms with Crippen LogP contribution in [0.5, 0.6) is 0 Å². The fourth-order valence-electron chi connectivity index (χ4n) is 5.46. The van der Waals surface area contributed by atoms with E-state index in [4.69, 9.17) is 4.74 Å². The van der Waals surface area contributed by atoms with Crippen molar-refractivity contribution in [2.24, 2.45) is 5.41 Å². The maximum absolute atomic E-state index is 13.3. The van der Waals surface area contributed by atoms with E-state index in [1.165, 1.54) is 4.90 Å². The zero-order chi connectivity index (χ0) is 23.9. The number of ether oxygens (including phenoxy) is 1. The van der Waals surface area contributed by atoms with Crippen molar-refractivity contribution < 1.29 is 24.2 Å². The zero-order valence-electron chi connectivity index (χ0n) is 19.4. The SMILES string of the molecule is CC1(C(=O)O)CCCCN1C(=O)C1(CNC(=O)OCC2c3ccccc3-c3ccccc32)CC1. The number of carbonyl (C=O) groups excluding carboxylic acids is 2. The predicted octanol–water partition coefficient (Wildman–Crippen LogP) is 4.16. The molecule has 34 heavy (non-hydrogen) atoms. The molecule has 1 heterocycles. The Bertz CT molecular complexity index is 1100. The highest BCUT2D eigenvalue weighted by Gasteiger charge is 2.56. The van der Waals surface area contributed by atoms with Crippen molar-refractivity contribution >= 4 is 18.0 Å². The van der Waals surface area contributed by atoms with Crippen LogP contribution in [0.3, 0.4) is 0 Å². The molecule has 1 aliphatic heterocycles. The average molecular weight is 463 g/mol. The molecule has 0 aromatic heterocycles. The van der Waals surface area contributed by atoms with Crippen molar-refractivity contribution in [2.45, 2.75) is 50.5 Å². The number of amides is 2. The van der Waals surface area contributed by atoms with Gasteiger partial charge in [0.2, 0.25) is 5.91 Å². The van der Waals surface area contributed by atoms with E-state index in [0.717, 1.165) is 35.1 Å². The first-order valence-corrected chi connectivity index (χ1v) is 12.0. The van der Waals surface area contributed by atoms with Gasteiger partial charge in [-0.1, -0.05) is 48.5 Å². The summed E-state index contributed by atoms with van der Waals surface area (Å²) in [5, 5.41) is 12.5. The molecule has 2 fully saturated rings. The van der Waals surface area contributed by atoms with Crippen LogP contribution in [0.1, 0.15) is 56.1 Å². The Morgan fingerprint density at radius 3 is 2.21 bits per heavy atom. The molecular formula is C27H30N2O5. The third kappa shape index (κ3) is 3.73. The third-order valence-electron chi connectivity index (χ3n) is 7.82. The van der Waals surface area contributed by atoms with E-state index in [1.807, 2.05) is 24.3 Å². The highest BCUT2D eigenvalue weighted by molar-refractivity contribution is 5.92. The van der Waals surface area contributed by atoms with Crippen LogP contribution in [-0.4, -0.2) is 53.2 Å². The van der Waals surface area contributed by atoms with E-state index in [1.54, 1.807) is 6.92 Å². The first-order valence-electron chi connectivity index (χ1n) is 12.0. The second-order valence-corrected chi connectivity index (χ2v) is 9.95. The molecule has 1 saturated carbocycles. The topological polar surface area (TPSA) is 95.9 Å². The summed E-state index contributed by atoms with van der Waals surface area (Å²) < 4.78 is 5.60. The van der Waals surface area contributed by atoms with Gasteiger partial charge in [0.15, 0.2) is 0 Å². The van der Waals surface area contributed by atoms with Crippen LogP contribution < -0.4 is 5.32 Å². The standard InChI is InChI=1S/C27H30N2O5/c1-26(24(31)32)12-6-7-15-29(26)23(30)27(13-14-27)17-28-25(33)34-16-22-20-10-4-2-8-18(20)19-9-3-5-11-21(19)22/h2-5,8-11,22H,6-7,12-17H2,1H3,(H,28,33)(H,31,32). The van der Waals surface area contributed by atoms with Gasteiger partial charge in [-0.2, -0.15) is 0 Å². The van der Waals surface area contributed by atoms with Crippen LogP contribution >= 0.6 is 0 Å². The number of carboxylic acid groups (broad SMARTS) is 1. The van der Waals surface area contributed by atoms with E-state index in [9.17, 15) is 19.5 Å². The number of piperidine rings is 1. The minimum absolute atomic E-state index is 0.0284. The van der Waals surface area contributed by atoms with Gasteiger partial charge in [-0.3, -0.25) is 4.79 Å².